The largest absolute Gasteiger partial charge is 0.378 e. The Morgan fingerprint density at radius 3 is 2.84 bits per heavy atom. The maximum absolute atomic E-state index is 13.7. The number of nitrogens with zero attached hydrogens (tertiary/aromatic N) is 4. The smallest absolute Gasteiger partial charge is 0.253 e. The van der Waals surface area contributed by atoms with Crippen molar-refractivity contribution in [3.63, 3.8) is 0 Å². The average Bonchev–Trinajstić information content (AvgIpc) is 2.67. The predicted molar refractivity (Wildman–Crippen MR) is 88.8 cm³/mol. The van der Waals surface area contributed by atoms with Gasteiger partial charge in [0.1, 0.15) is 18.0 Å². The first kappa shape index (κ1) is 16.2. The van der Waals surface area contributed by atoms with Crippen molar-refractivity contribution < 1.29 is 18.7 Å². The van der Waals surface area contributed by atoms with Crippen LogP contribution in [0.3, 0.4) is 0 Å². The van der Waals surface area contributed by atoms with E-state index in [2.05, 4.69) is 9.97 Å². The van der Waals surface area contributed by atoms with Crippen molar-refractivity contribution in [2.45, 2.75) is 6.10 Å². The van der Waals surface area contributed by atoms with Crippen LogP contribution in [0.1, 0.15) is 0 Å². The highest BCUT2D eigenvalue weighted by molar-refractivity contribution is 5.90. The first-order chi connectivity index (χ1) is 12.2. The average molecular weight is 346 g/mol. The van der Waals surface area contributed by atoms with Crippen molar-refractivity contribution in [2.75, 3.05) is 50.9 Å². The fraction of sp³-hybridized carbons (Fsp3) is 0.471. The molecule has 0 saturated carbocycles. The summed E-state index contributed by atoms with van der Waals surface area (Å²) in [7, 11) is 0. The number of anilines is 1. The highest BCUT2D eigenvalue weighted by Gasteiger charge is 2.32. The van der Waals surface area contributed by atoms with E-state index in [4.69, 9.17) is 9.47 Å². The zero-order valence-electron chi connectivity index (χ0n) is 13.7. The summed E-state index contributed by atoms with van der Waals surface area (Å²) in [6.07, 6.45) is 0.912. The Bertz CT molecular complexity index is 782. The van der Waals surface area contributed by atoms with E-state index in [0.717, 1.165) is 0 Å². The number of aromatic nitrogens is 2. The standard InChI is InChI=1S/C17H19FN4O3/c18-12-1-2-14-13(9-12)16(20-11-19-14)22-5-8-25-15(10-22)17(23)21-3-6-24-7-4-21/h1-2,9,11,15H,3-8,10H2. The number of amides is 1. The summed E-state index contributed by atoms with van der Waals surface area (Å²) < 4.78 is 24.6. The lowest BCUT2D eigenvalue weighted by molar-refractivity contribution is -0.148. The monoisotopic (exact) mass is 346 g/mol. The molecule has 1 unspecified atom stereocenters. The van der Waals surface area contributed by atoms with E-state index < -0.39 is 6.10 Å². The molecule has 4 rings (SSSR count). The number of fused-ring (bicyclic) bond motifs is 1. The maximum atomic E-state index is 13.7. The molecule has 3 heterocycles. The number of carbonyl (C=O) groups is 1. The fourth-order valence-corrected chi connectivity index (χ4v) is 3.25. The first-order valence-corrected chi connectivity index (χ1v) is 8.36. The molecule has 132 valence electrons. The van der Waals surface area contributed by atoms with E-state index in [1.54, 1.807) is 11.0 Å². The molecule has 25 heavy (non-hydrogen) atoms. The third-order valence-corrected chi connectivity index (χ3v) is 4.54. The van der Waals surface area contributed by atoms with E-state index in [0.29, 0.717) is 62.7 Å². The molecule has 1 amide bonds. The number of hydrogen-bond acceptors (Lipinski definition) is 6. The van der Waals surface area contributed by atoms with Crippen LogP contribution in [0.25, 0.3) is 10.9 Å². The van der Waals surface area contributed by atoms with Crippen LogP contribution in [0, 0.1) is 5.82 Å². The molecular formula is C17H19FN4O3. The minimum absolute atomic E-state index is 0.0301. The van der Waals surface area contributed by atoms with Gasteiger partial charge in [0.2, 0.25) is 0 Å². The molecule has 2 fully saturated rings. The van der Waals surface area contributed by atoms with Crippen LogP contribution in [-0.2, 0) is 14.3 Å². The van der Waals surface area contributed by atoms with Gasteiger partial charge >= 0.3 is 0 Å². The van der Waals surface area contributed by atoms with Crippen LogP contribution in [0.2, 0.25) is 0 Å². The van der Waals surface area contributed by atoms with Crippen LogP contribution in [0.5, 0.6) is 0 Å². The molecule has 2 aromatic rings. The van der Waals surface area contributed by atoms with Gasteiger partial charge in [-0.2, -0.15) is 0 Å². The molecule has 0 aliphatic carbocycles. The van der Waals surface area contributed by atoms with Crippen molar-refractivity contribution >= 4 is 22.6 Å². The molecule has 8 heteroatoms. The van der Waals surface area contributed by atoms with Crippen molar-refractivity contribution in [3.05, 3.63) is 30.3 Å². The second-order valence-electron chi connectivity index (χ2n) is 6.10. The van der Waals surface area contributed by atoms with Gasteiger partial charge < -0.3 is 19.3 Å². The van der Waals surface area contributed by atoms with Crippen LogP contribution in [0.15, 0.2) is 24.5 Å². The minimum atomic E-state index is -0.551. The Balaban J connectivity index is 1.57. The lowest BCUT2D eigenvalue weighted by Gasteiger charge is -2.36. The summed E-state index contributed by atoms with van der Waals surface area (Å²) in [4.78, 5) is 24.9. The molecule has 2 saturated heterocycles. The van der Waals surface area contributed by atoms with Gasteiger partial charge in [-0.1, -0.05) is 0 Å². The zero-order chi connectivity index (χ0) is 17.2. The quantitative estimate of drug-likeness (QED) is 0.803. The minimum Gasteiger partial charge on any atom is -0.378 e. The topological polar surface area (TPSA) is 67.8 Å². The SMILES string of the molecule is O=C(C1CN(c2ncnc3ccc(F)cc23)CCO1)N1CCOCC1. The van der Waals surface area contributed by atoms with Crippen LogP contribution >= 0.6 is 0 Å². The molecule has 0 N–H and O–H groups in total. The maximum Gasteiger partial charge on any atom is 0.253 e. The first-order valence-electron chi connectivity index (χ1n) is 8.36. The number of halogens is 1. The predicted octanol–water partition coefficient (Wildman–Crippen LogP) is 0.833. The molecule has 2 aliphatic rings. The third kappa shape index (κ3) is 3.27. The van der Waals surface area contributed by atoms with Crippen LogP contribution in [-0.4, -0.2) is 72.9 Å². The Morgan fingerprint density at radius 2 is 2.00 bits per heavy atom. The van der Waals surface area contributed by atoms with Gasteiger partial charge in [0.25, 0.3) is 5.91 Å². The summed E-state index contributed by atoms with van der Waals surface area (Å²) >= 11 is 0. The Kier molecular flexibility index (Phi) is 4.46. The summed E-state index contributed by atoms with van der Waals surface area (Å²) in [6.45, 7) is 3.67. The number of carbonyl (C=O) groups excluding carboxylic acids is 1. The highest BCUT2D eigenvalue weighted by Crippen LogP contribution is 2.25. The second kappa shape index (κ2) is 6.89. The van der Waals surface area contributed by atoms with E-state index in [9.17, 15) is 9.18 Å². The van der Waals surface area contributed by atoms with Gasteiger partial charge in [0.05, 0.1) is 31.9 Å². The summed E-state index contributed by atoms with van der Waals surface area (Å²) in [5, 5.41) is 0.641. The summed E-state index contributed by atoms with van der Waals surface area (Å²) in [5.74, 6) is 0.267. The van der Waals surface area contributed by atoms with Crippen molar-refractivity contribution in [3.8, 4) is 0 Å². The molecule has 0 spiro atoms. The normalized spacial score (nSPS) is 21.6. The van der Waals surface area contributed by atoms with Gasteiger partial charge in [-0.25, -0.2) is 14.4 Å². The number of ether oxygens (including phenoxy) is 2. The lowest BCUT2D eigenvalue weighted by Crippen LogP contribution is -2.53. The third-order valence-electron chi connectivity index (χ3n) is 4.54. The molecule has 1 aromatic carbocycles. The van der Waals surface area contributed by atoms with Crippen molar-refractivity contribution in [1.82, 2.24) is 14.9 Å². The number of benzene rings is 1. The fourth-order valence-electron chi connectivity index (χ4n) is 3.25. The molecule has 7 nitrogen and oxygen atoms in total. The Hall–Kier alpha value is -2.32. The van der Waals surface area contributed by atoms with Gasteiger partial charge in [0.15, 0.2) is 6.10 Å². The van der Waals surface area contributed by atoms with Crippen molar-refractivity contribution in [1.29, 1.82) is 0 Å². The number of hydrogen-bond donors (Lipinski definition) is 0. The summed E-state index contributed by atoms with van der Waals surface area (Å²) in [6, 6.07) is 4.44. The van der Waals surface area contributed by atoms with E-state index in [1.165, 1.54) is 18.5 Å². The molecule has 0 bridgehead atoms. The molecule has 2 aliphatic heterocycles. The molecule has 0 radical (unpaired) electrons. The van der Waals surface area contributed by atoms with E-state index in [-0.39, 0.29) is 11.7 Å². The number of rotatable bonds is 2. The highest BCUT2D eigenvalue weighted by atomic mass is 19.1. The van der Waals surface area contributed by atoms with Gasteiger partial charge in [-0.05, 0) is 18.2 Å². The van der Waals surface area contributed by atoms with Crippen LogP contribution in [0.4, 0.5) is 10.2 Å². The van der Waals surface area contributed by atoms with Gasteiger partial charge in [0, 0.05) is 25.0 Å². The van der Waals surface area contributed by atoms with E-state index in [1.807, 2.05) is 4.90 Å². The zero-order valence-corrected chi connectivity index (χ0v) is 13.7. The molecule has 1 aromatic heterocycles. The number of morpholine rings is 2. The Morgan fingerprint density at radius 1 is 1.16 bits per heavy atom. The molecule has 1 atom stereocenters. The second-order valence-corrected chi connectivity index (χ2v) is 6.10. The Labute approximate surface area is 144 Å². The summed E-state index contributed by atoms with van der Waals surface area (Å²) in [5.41, 5.74) is 0.675. The van der Waals surface area contributed by atoms with Crippen molar-refractivity contribution in [2.24, 2.45) is 0 Å². The molecular weight excluding hydrogens is 327 g/mol. The lowest BCUT2D eigenvalue weighted by atomic mass is 10.2. The van der Waals surface area contributed by atoms with Gasteiger partial charge in [-0.3, -0.25) is 4.79 Å². The van der Waals surface area contributed by atoms with E-state index >= 15 is 0 Å². The van der Waals surface area contributed by atoms with Gasteiger partial charge in [-0.15, -0.1) is 0 Å². The van der Waals surface area contributed by atoms with Crippen LogP contribution < -0.4 is 4.90 Å².